The fraction of sp³-hybridized carbons (Fsp3) is 0.700. The first-order valence-electron chi connectivity index (χ1n) is 9.39. The van der Waals surface area contributed by atoms with Gasteiger partial charge in [0.1, 0.15) is 0 Å². The van der Waals surface area contributed by atoms with Crippen LogP contribution >= 0.6 is 24.0 Å². The standard InChI is InChI=1S/C20H30ClNO.ClH/c21-17-9-7-8-16(14-17)19(20(23)12-5-2-6-13-20)15-22-18-10-3-1-4-11-18;/h7-9,14,18-19,22-23H,1-6,10-13,15H2;1H. The monoisotopic (exact) mass is 371 g/mol. The van der Waals surface area contributed by atoms with Crippen LogP contribution in [0.3, 0.4) is 0 Å². The molecule has 0 aromatic heterocycles. The van der Waals surface area contributed by atoms with Crippen LogP contribution in [0.2, 0.25) is 5.02 Å². The molecule has 1 atom stereocenters. The van der Waals surface area contributed by atoms with E-state index in [1.54, 1.807) is 0 Å². The molecule has 0 amide bonds. The Labute approximate surface area is 157 Å². The average Bonchev–Trinajstić information content (AvgIpc) is 2.56. The van der Waals surface area contributed by atoms with Crippen molar-refractivity contribution in [2.75, 3.05) is 6.54 Å². The Hall–Kier alpha value is -0.280. The number of benzene rings is 1. The Bertz CT molecular complexity index is 496. The largest absolute Gasteiger partial charge is 0.389 e. The van der Waals surface area contributed by atoms with Crippen molar-refractivity contribution in [3.8, 4) is 0 Å². The number of hydrogen-bond acceptors (Lipinski definition) is 2. The Morgan fingerprint density at radius 1 is 1.08 bits per heavy atom. The Morgan fingerprint density at radius 3 is 2.42 bits per heavy atom. The zero-order valence-corrected chi connectivity index (χ0v) is 16.0. The Balaban J connectivity index is 0.00000208. The molecule has 0 spiro atoms. The third-order valence-corrected chi connectivity index (χ3v) is 6.07. The van der Waals surface area contributed by atoms with Gasteiger partial charge in [0.25, 0.3) is 0 Å². The van der Waals surface area contributed by atoms with Crippen molar-refractivity contribution in [1.82, 2.24) is 5.32 Å². The molecule has 0 bridgehead atoms. The molecule has 3 rings (SSSR count). The minimum Gasteiger partial charge on any atom is -0.389 e. The van der Waals surface area contributed by atoms with Crippen molar-refractivity contribution in [1.29, 1.82) is 0 Å². The van der Waals surface area contributed by atoms with Crippen molar-refractivity contribution in [3.63, 3.8) is 0 Å². The maximum Gasteiger partial charge on any atom is 0.0728 e. The van der Waals surface area contributed by atoms with E-state index in [1.165, 1.54) is 44.1 Å². The van der Waals surface area contributed by atoms with Crippen molar-refractivity contribution in [2.24, 2.45) is 0 Å². The maximum absolute atomic E-state index is 11.3. The Kier molecular flexibility index (Phi) is 7.87. The van der Waals surface area contributed by atoms with Crippen LogP contribution in [0.4, 0.5) is 0 Å². The van der Waals surface area contributed by atoms with Crippen molar-refractivity contribution < 1.29 is 5.11 Å². The van der Waals surface area contributed by atoms with Gasteiger partial charge in [0.05, 0.1) is 5.60 Å². The molecule has 0 saturated heterocycles. The van der Waals surface area contributed by atoms with Crippen LogP contribution < -0.4 is 5.32 Å². The van der Waals surface area contributed by atoms with E-state index in [1.807, 2.05) is 18.2 Å². The highest BCUT2D eigenvalue weighted by atomic mass is 35.5. The minimum atomic E-state index is -0.579. The van der Waals surface area contributed by atoms with Crippen LogP contribution in [-0.4, -0.2) is 23.3 Å². The maximum atomic E-state index is 11.3. The summed E-state index contributed by atoms with van der Waals surface area (Å²) < 4.78 is 0. The second-order valence-electron chi connectivity index (χ2n) is 7.52. The SMILES string of the molecule is Cl.OC1(C(CNC2CCCCC2)c2cccc(Cl)c2)CCCCC1. The number of aliphatic hydroxyl groups is 1. The summed E-state index contributed by atoms with van der Waals surface area (Å²) in [6.07, 6.45) is 12.0. The van der Waals surface area contributed by atoms with Crippen LogP contribution in [0.25, 0.3) is 0 Å². The van der Waals surface area contributed by atoms with Gasteiger partial charge >= 0.3 is 0 Å². The molecule has 2 nitrogen and oxygen atoms in total. The van der Waals surface area contributed by atoms with E-state index in [0.29, 0.717) is 6.04 Å². The summed E-state index contributed by atoms with van der Waals surface area (Å²) in [6.45, 7) is 0.863. The van der Waals surface area contributed by atoms with Crippen LogP contribution in [0.15, 0.2) is 24.3 Å². The fourth-order valence-corrected chi connectivity index (χ4v) is 4.64. The highest BCUT2D eigenvalue weighted by Gasteiger charge is 2.38. The third-order valence-electron chi connectivity index (χ3n) is 5.83. The van der Waals surface area contributed by atoms with Gasteiger partial charge in [0.15, 0.2) is 0 Å². The molecule has 2 fully saturated rings. The quantitative estimate of drug-likeness (QED) is 0.719. The van der Waals surface area contributed by atoms with Crippen molar-refractivity contribution in [2.45, 2.75) is 81.8 Å². The minimum absolute atomic E-state index is 0. The first-order chi connectivity index (χ1) is 11.2. The molecule has 0 aliphatic heterocycles. The van der Waals surface area contributed by atoms with Gasteiger partial charge in [-0.05, 0) is 43.4 Å². The molecule has 24 heavy (non-hydrogen) atoms. The zero-order chi connectivity index (χ0) is 16.1. The molecule has 2 N–H and O–H groups in total. The lowest BCUT2D eigenvalue weighted by molar-refractivity contribution is -0.0223. The molecule has 0 heterocycles. The lowest BCUT2D eigenvalue weighted by atomic mass is 9.72. The molecule has 2 aliphatic rings. The molecule has 1 aromatic carbocycles. The molecule has 4 heteroatoms. The predicted molar refractivity (Wildman–Crippen MR) is 104 cm³/mol. The van der Waals surface area contributed by atoms with E-state index < -0.39 is 5.60 Å². The predicted octanol–water partition coefficient (Wildman–Crippen LogP) is 5.46. The van der Waals surface area contributed by atoms with Gasteiger partial charge in [-0.3, -0.25) is 0 Å². The van der Waals surface area contributed by atoms with Gasteiger partial charge < -0.3 is 10.4 Å². The van der Waals surface area contributed by atoms with E-state index in [-0.39, 0.29) is 18.3 Å². The second kappa shape index (κ2) is 9.43. The van der Waals surface area contributed by atoms with Gasteiger partial charge in [0.2, 0.25) is 0 Å². The summed E-state index contributed by atoms with van der Waals surface area (Å²) in [4.78, 5) is 0. The van der Waals surface area contributed by atoms with Gasteiger partial charge in [-0.25, -0.2) is 0 Å². The van der Waals surface area contributed by atoms with Gasteiger partial charge in [-0.2, -0.15) is 0 Å². The number of rotatable bonds is 5. The summed E-state index contributed by atoms with van der Waals surface area (Å²) in [5.41, 5.74) is 0.607. The number of nitrogens with one attached hydrogen (secondary N) is 1. The summed E-state index contributed by atoms with van der Waals surface area (Å²) in [6, 6.07) is 8.73. The first kappa shape index (κ1) is 20.0. The van der Waals surface area contributed by atoms with Crippen molar-refractivity contribution >= 4 is 24.0 Å². The van der Waals surface area contributed by atoms with Crippen LogP contribution in [-0.2, 0) is 0 Å². The third kappa shape index (κ3) is 5.11. The molecule has 1 unspecified atom stereocenters. The van der Waals surface area contributed by atoms with E-state index in [4.69, 9.17) is 11.6 Å². The van der Waals surface area contributed by atoms with Gasteiger partial charge in [0, 0.05) is 23.5 Å². The summed E-state index contributed by atoms with van der Waals surface area (Å²) in [5.74, 6) is 0.142. The average molecular weight is 372 g/mol. The molecule has 0 radical (unpaired) electrons. The van der Waals surface area contributed by atoms with Crippen LogP contribution in [0, 0.1) is 0 Å². The van der Waals surface area contributed by atoms with Crippen LogP contribution in [0.1, 0.15) is 75.7 Å². The molecular weight excluding hydrogens is 341 g/mol. The smallest absolute Gasteiger partial charge is 0.0728 e. The Morgan fingerprint density at radius 2 is 1.75 bits per heavy atom. The second-order valence-corrected chi connectivity index (χ2v) is 7.95. The topological polar surface area (TPSA) is 32.3 Å². The summed E-state index contributed by atoms with van der Waals surface area (Å²) >= 11 is 6.22. The van der Waals surface area contributed by atoms with Crippen LogP contribution in [0.5, 0.6) is 0 Å². The highest BCUT2D eigenvalue weighted by Crippen LogP contribution is 2.40. The molecule has 136 valence electrons. The molecule has 2 saturated carbocycles. The summed E-state index contributed by atoms with van der Waals surface area (Å²) in [5, 5.41) is 15.8. The zero-order valence-electron chi connectivity index (χ0n) is 14.5. The van der Waals surface area contributed by atoms with Gasteiger partial charge in [-0.1, -0.05) is 62.3 Å². The van der Waals surface area contributed by atoms with Gasteiger partial charge in [-0.15, -0.1) is 12.4 Å². The first-order valence-corrected chi connectivity index (χ1v) is 9.76. The highest BCUT2D eigenvalue weighted by molar-refractivity contribution is 6.30. The number of hydrogen-bond donors (Lipinski definition) is 2. The lowest BCUT2D eigenvalue weighted by Crippen LogP contribution is -2.45. The van der Waals surface area contributed by atoms with E-state index in [0.717, 1.165) is 37.3 Å². The lowest BCUT2D eigenvalue weighted by Gasteiger charge is -2.40. The molecular formula is C20H31Cl2NO. The van der Waals surface area contributed by atoms with E-state index in [9.17, 15) is 5.11 Å². The van der Waals surface area contributed by atoms with Crippen molar-refractivity contribution in [3.05, 3.63) is 34.9 Å². The number of halogens is 2. The normalized spacial score (nSPS) is 22.6. The van der Waals surface area contributed by atoms with E-state index >= 15 is 0 Å². The molecule has 2 aliphatic carbocycles. The molecule has 1 aromatic rings. The van der Waals surface area contributed by atoms with E-state index in [2.05, 4.69) is 11.4 Å². The fourth-order valence-electron chi connectivity index (χ4n) is 4.45. The summed E-state index contributed by atoms with van der Waals surface area (Å²) in [7, 11) is 0.